The average Bonchev–Trinajstić information content (AvgIpc) is 3.25. The van der Waals surface area contributed by atoms with E-state index in [-0.39, 0.29) is 11.8 Å². The van der Waals surface area contributed by atoms with E-state index in [4.69, 9.17) is 9.72 Å². The molecule has 1 aliphatic rings. The lowest BCUT2D eigenvalue weighted by Crippen LogP contribution is -2.39. The van der Waals surface area contributed by atoms with Crippen molar-refractivity contribution in [2.75, 3.05) is 20.2 Å². The monoisotopic (exact) mass is 370 g/mol. The summed E-state index contributed by atoms with van der Waals surface area (Å²) >= 11 is 1.32. The number of hydrogen-bond acceptors (Lipinski definition) is 5. The summed E-state index contributed by atoms with van der Waals surface area (Å²) in [6.07, 6.45) is 2.01. The Hall–Kier alpha value is -2.41. The number of aryl methyl sites for hydroxylation is 2. The van der Waals surface area contributed by atoms with Gasteiger partial charge in [0.25, 0.3) is 11.1 Å². The SMILES string of the molecule is COc1nc(C)c(C(=O)N2CCC[C@H](c3nc4c(C)cccc4[nH]3)C2)s1. The van der Waals surface area contributed by atoms with Crippen LogP contribution in [0.5, 0.6) is 5.19 Å². The minimum absolute atomic E-state index is 0.0419. The van der Waals surface area contributed by atoms with Crippen LogP contribution in [0.15, 0.2) is 18.2 Å². The zero-order valence-corrected chi connectivity index (χ0v) is 16.0. The van der Waals surface area contributed by atoms with Crippen LogP contribution >= 0.6 is 11.3 Å². The van der Waals surface area contributed by atoms with Crippen LogP contribution in [0.2, 0.25) is 0 Å². The number of rotatable bonds is 3. The second kappa shape index (κ2) is 6.72. The number of hydrogen-bond donors (Lipinski definition) is 1. The molecule has 0 spiro atoms. The van der Waals surface area contributed by atoms with Crippen molar-refractivity contribution < 1.29 is 9.53 Å². The number of benzene rings is 1. The summed E-state index contributed by atoms with van der Waals surface area (Å²) in [5.41, 5.74) is 3.99. The van der Waals surface area contributed by atoms with E-state index >= 15 is 0 Å². The molecule has 3 heterocycles. The number of likely N-dealkylation sites (tertiary alicyclic amines) is 1. The molecular formula is C19H22N4O2S. The molecule has 0 aliphatic carbocycles. The number of piperidine rings is 1. The molecule has 1 fully saturated rings. The Balaban J connectivity index is 1.57. The van der Waals surface area contributed by atoms with Crippen molar-refractivity contribution in [2.24, 2.45) is 0 Å². The quantitative estimate of drug-likeness (QED) is 0.764. The zero-order valence-electron chi connectivity index (χ0n) is 15.2. The van der Waals surface area contributed by atoms with Gasteiger partial charge in [0.2, 0.25) is 0 Å². The molecule has 7 heteroatoms. The predicted molar refractivity (Wildman–Crippen MR) is 102 cm³/mol. The fourth-order valence-corrected chi connectivity index (χ4v) is 4.42. The van der Waals surface area contributed by atoms with Crippen molar-refractivity contribution in [3.63, 3.8) is 0 Å². The van der Waals surface area contributed by atoms with Crippen LogP contribution in [-0.2, 0) is 0 Å². The maximum Gasteiger partial charge on any atom is 0.273 e. The van der Waals surface area contributed by atoms with E-state index in [1.54, 1.807) is 7.11 Å². The summed E-state index contributed by atoms with van der Waals surface area (Å²) in [4.78, 5) is 28.1. The van der Waals surface area contributed by atoms with Gasteiger partial charge in [0.1, 0.15) is 10.7 Å². The number of thiazole rings is 1. The molecule has 0 bridgehead atoms. The van der Waals surface area contributed by atoms with E-state index in [2.05, 4.69) is 29.0 Å². The number of nitrogens with one attached hydrogen (secondary N) is 1. The molecule has 1 amide bonds. The zero-order chi connectivity index (χ0) is 18.3. The van der Waals surface area contributed by atoms with Crippen LogP contribution in [0.1, 0.15) is 45.5 Å². The summed E-state index contributed by atoms with van der Waals surface area (Å²) in [5.74, 6) is 1.25. The first-order valence-electron chi connectivity index (χ1n) is 8.82. The minimum atomic E-state index is 0.0419. The molecule has 1 N–H and O–H groups in total. The van der Waals surface area contributed by atoms with Crippen LogP contribution in [-0.4, -0.2) is 46.0 Å². The molecule has 136 valence electrons. The van der Waals surface area contributed by atoms with E-state index in [1.165, 1.54) is 16.9 Å². The number of carbonyl (C=O) groups is 1. The number of methoxy groups -OCH3 is 1. The van der Waals surface area contributed by atoms with E-state index in [0.717, 1.165) is 41.9 Å². The molecule has 3 aromatic rings. The molecular weight excluding hydrogens is 348 g/mol. The second-order valence-corrected chi connectivity index (χ2v) is 7.74. The predicted octanol–water partition coefficient (Wildman–Crippen LogP) is 3.66. The van der Waals surface area contributed by atoms with Gasteiger partial charge in [0.05, 0.1) is 23.8 Å². The van der Waals surface area contributed by atoms with Crippen molar-refractivity contribution in [1.29, 1.82) is 0 Å². The summed E-state index contributed by atoms with van der Waals surface area (Å²) in [5, 5.41) is 0.534. The van der Waals surface area contributed by atoms with Crippen LogP contribution in [0.25, 0.3) is 11.0 Å². The Morgan fingerprint density at radius 2 is 2.19 bits per heavy atom. The number of H-pyrrole nitrogens is 1. The molecule has 1 aliphatic heterocycles. The molecule has 1 atom stereocenters. The Bertz CT molecular complexity index is 962. The summed E-state index contributed by atoms with van der Waals surface area (Å²) in [6, 6.07) is 6.16. The van der Waals surface area contributed by atoms with Gasteiger partial charge in [-0.25, -0.2) is 9.97 Å². The van der Waals surface area contributed by atoms with E-state index < -0.39 is 0 Å². The first-order valence-corrected chi connectivity index (χ1v) is 9.64. The number of amides is 1. The number of aromatic nitrogens is 3. The highest BCUT2D eigenvalue weighted by Gasteiger charge is 2.29. The normalized spacial score (nSPS) is 17.7. The summed E-state index contributed by atoms with van der Waals surface area (Å²) in [7, 11) is 1.58. The van der Waals surface area contributed by atoms with Crippen molar-refractivity contribution >= 4 is 28.3 Å². The molecule has 1 aromatic carbocycles. The Kier molecular flexibility index (Phi) is 4.40. The lowest BCUT2D eigenvalue weighted by atomic mass is 9.97. The highest BCUT2D eigenvalue weighted by Crippen LogP contribution is 2.31. The van der Waals surface area contributed by atoms with Gasteiger partial charge < -0.3 is 14.6 Å². The maximum absolute atomic E-state index is 13.0. The molecule has 0 unspecified atom stereocenters. The lowest BCUT2D eigenvalue weighted by molar-refractivity contribution is 0.0709. The molecule has 0 saturated carbocycles. The van der Waals surface area contributed by atoms with Gasteiger partial charge in [-0.2, -0.15) is 0 Å². The van der Waals surface area contributed by atoms with Crippen LogP contribution in [0.4, 0.5) is 0 Å². The average molecular weight is 370 g/mol. The topological polar surface area (TPSA) is 71.1 Å². The number of carbonyl (C=O) groups excluding carboxylic acids is 1. The van der Waals surface area contributed by atoms with Gasteiger partial charge in [-0.1, -0.05) is 23.5 Å². The number of imidazole rings is 1. The molecule has 0 radical (unpaired) electrons. The van der Waals surface area contributed by atoms with Gasteiger partial charge in [0.15, 0.2) is 0 Å². The third-order valence-electron chi connectivity index (χ3n) is 4.97. The second-order valence-electron chi connectivity index (χ2n) is 6.78. The van der Waals surface area contributed by atoms with Gasteiger partial charge in [-0.05, 0) is 38.3 Å². The largest absolute Gasteiger partial charge is 0.473 e. The smallest absolute Gasteiger partial charge is 0.273 e. The standard InChI is InChI=1S/C19H22N4O2S/c1-11-6-4-8-14-15(11)22-17(21-14)13-7-5-9-23(10-13)18(24)16-12(2)20-19(25-3)26-16/h4,6,8,13H,5,7,9-10H2,1-3H3,(H,21,22)/t13-/m0/s1. The molecule has 6 nitrogen and oxygen atoms in total. The highest BCUT2D eigenvalue weighted by atomic mass is 32.1. The minimum Gasteiger partial charge on any atom is -0.473 e. The van der Waals surface area contributed by atoms with Crippen molar-refractivity contribution in [3.8, 4) is 5.19 Å². The van der Waals surface area contributed by atoms with Crippen LogP contribution in [0, 0.1) is 13.8 Å². The fraction of sp³-hybridized carbons (Fsp3) is 0.421. The first-order chi connectivity index (χ1) is 12.6. The van der Waals surface area contributed by atoms with Crippen LogP contribution < -0.4 is 4.74 Å². The fourth-order valence-electron chi connectivity index (χ4n) is 3.57. The maximum atomic E-state index is 13.0. The Labute approximate surface area is 156 Å². The van der Waals surface area contributed by atoms with Crippen molar-refractivity contribution in [3.05, 3.63) is 40.2 Å². The number of aromatic amines is 1. The van der Waals surface area contributed by atoms with Crippen LogP contribution in [0.3, 0.4) is 0 Å². The van der Waals surface area contributed by atoms with E-state index in [0.29, 0.717) is 16.6 Å². The van der Waals surface area contributed by atoms with Crippen molar-refractivity contribution in [1.82, 2.24) is 19.9 Å². The Morgan fingerprint density at radius 3 is 2.92 bits per heavy atom. The highest BCUT2D eigenvalue weighted by molar-refractivity contribution is 7.15. The van der Waals surface area contributed by atoms with Crippen molar-refractivity contribution in [2.45, 2.75) is 32.6 Å². The molecule has 1 saturated heterocycles. The third-order valence-corrected chi connectivity index (χ3v) is 6.08. The molecule has 2 aromatic heterocycles. The lowest BCUT2D eigenvalue weighted by Gasteiger charge is -2.31. The number of para-hydroxylation sites is 1. The molecule has 4 rings (SSSR count). The van der Waals surface area contributed by atoms with E-state index in [1.807, 2.05) is 17.9 Å². The summed E-state index contributed by atoms with van der Waals surface area (Å²) < 4.78 is 5.17. The van der Waals surface area contributed by atoms with Gasteiger partial charge in [-0.3, -0.25) is 4.79 Å². The summed E-state index contributed by atoms with van der Waals surface area (Å²) in [6.45, 7) is 5.38. The van der Waals surface area contributed by atoms with E-state index in [9.17, 15) is 4.79 Å². The first kappa shape index (κ1) is 17.0. The number of fused-ring (bicyclic) bond motifs is 1. The van der Waals surface area contributed by atoms with Gasteiger partial charge in [0, 0.05) is 19.0 Å². The molecule has 26 heavy (non-hydrogen) atoms. The Morgan fingerprint density at radius 1 is 1.35 bits per heavy atom. The van der Waals surface area contributed by atoms with Gasteiger partial charge in [-0.15, -0.1) is 0 Å². The number of nitrogens with zero attached hydrogens (tertiary/aromatic N) is 3. The van der Waals surface area contributed by atoms with Gasteiger partial charge >= 0.3 is 0 Å². The third kappa shape index (κ3) is 2.96. The number of ether oxygens (including phenoxy) is 1.